The zero-order valence-electron chi connectivity index (χ0n) is 11.1. The van der Waals surface area contributed by atoms with Gasteiger partial charge >= 0.3 is 0 Å². The zero-order valence-corrected chi connectivity index (χ0v) is 11.1. The van der Waals surface area contributed by atoms with Crippen molar-refractivity contribution < 1.29 is 9.13 Å². The third kappa shape index (κ3) is 2.28. The standard InChI is InChI=1S/C14H16FN3O/c1-10-11(8-17(2)16-10)9-18-5-6-19-14-7-12(15)3-4-13(14)18/h3-4,7-8H,5-6,9H2,1-2H3. The van der Waals surface area contributed by atoms with Crippen LogP contribution < -0.4 is 9.64 Å². The summed E-state index contributed by atoms with van der Waals surface area (Å²) in [6, 6.07) is 4.68. The summed E-state index contributed by atoms with van der Waals surface area (Å²) in [4.78, 5) is 2.20. The molecule has 2 aromatic rings. The summed E-state index contributed by atoms with van der Waals surface area (Å²) in [6.07, 6.45) is 2.02. The van der Waals surface area contributed by atoms with Gasteiger partial charge in [0.25, 0.3) is 0 Å². The molecule has 0 fully saturated rings. The maximum Gasteiger partial charge on any atom is 0.145 e. The summed E-state index contributed by atoms with van der Waals surface area (Å²) in [7, 11) is 1.92. The van der Waals surface area contributed by atoms with E-state index in [0.717, 1.165) is 24.5 Å². The first-order chi connectivity index (χ1) is 9.13. The summed E-state index contributed by atoms with van der Waals surface area (Å²) in [5.41, 5.74) is 3.15. The fourth-order valence-corrected chi connectivity index (χ4v) is 2.42. The lowest BCUT2D eigenvalue weighted by atomic mass is 10.2. The predicted octanol–water partition coefficient (Wildman–Crippen LogP) is 2.27. The van der Waals surface area contributed by atoms with E-state index >= 15 is 0 Å². The molecule has 0 spiro atoms. The number of fused-ring (bicyclic) bond motifs is 1. The second-order valence-corrected chi connectivity index (χ2v) is 4.80. The van der Waals surface area contributed by atoms with E-state index in [1.165, 1.54) is 17.7 Å². The normalized spacial score (nSPS) is 14.2. The van der Waals surface area contributed by atoms with Crippen LogP contribution in [0.25, 0.3) is 0 Å². The van der Waals surface area contributed by atoms with Gasteiger partial charge in [0.2, 0.25) is 0 Å². The Morgan fingerprint density at radius 2 is 2.26 bits per heavy atom. The van der Waals surface area contributed by atoms with E-state index in [1.54, 1.807) is 6.07 Å². The van der Waals surface area contributed by atoms with Gasteiger partial charge < -0.3 is 9.64 Å². The van der Waals surface area contributed by atoms with Crippen LogP contribution in [0.1, 0.15) is 11.3 Å². The largest absolute Gasteiger partial charge is 0.489 e. The minimum atomic E-state index is -0.266. The summed E-state index contributed by atoms with van der Waals surface area (Å²) < 4.78 is 20.5. The molecule has 0 radical (unpaired) electrons. The molecule has 1 aliphatic rings. The van der Waals surface area contributed by atoms with Gasteiger partial charge in [0, 0.05) is 31.4 Å². The van der Waals surface area contributed by atoms with Crippen LogP contribution in [-0.2, 0) is 13.6 Å². The second-order valence-electron chi connectivity index (χ2n) is 4.80. The molecule has 4 nitrogen and oxygen atoms in total. The molecule has 3 rings (SSSR count). The third-order valence-corrected chi connectivity index (χ3v) is 3.36. The number of halogens is 1. The minimum absolute atomic E-state index is 0.266. The van der Waals surface area contributed by atoms with E-state index in [-0.39, 0.29) is 5.82 Å². The van der Waals surface area contributed by atoms with Gasteiger partial charge in [0.15, 0.2) is 0 Å². The average molecular weight is 261 g/mol. The fourth-order valence-electron chi connectivity index (χ4n) is 2.42. The molecule has 0 atom stereocenters. The van der Waals surface area contributed by atoms with Crippen LogP contribution in [0.4, 0.5) is 10.1 Å². The fraction of sp³-hybridized carbons (Fsp3) is 0.357. The second kappa shape index (κ2) is 4.57. The lowest BCUT2D eigenvalue weighted by Crippen LogP contribution is -2.32. The molecule has 0 unspecified atom stereocenters. The molecule has 2 heterocycles. The van der Waals surface area contributed by atoms with E-state index in [1.807, 2.05) is 24.9 Å². The Hall–Kier alpha value is -2.04. The van der Waals surface area contributed by atoms with Crippen LogP contribution in [0.2, 0.25) is 0 Å². The summed E-state index contributed by atoms with van der Waals surface area (Å²) in [5, 5.41) is 4.35. The van der Waals surface area contributed by atoms with Crippen molar-refractivity contribution in [2.75, 3.05) is 18.1 Å². The molecular weight excluding hydrogens is 245 g/mol. The molecule has 0 aliphatic carbocycles. The van der Waals surface area contributed by atoms with Crippen molar-refractivity contribution in [1.82, 2.24) is 9.78 Å². The highest BCUT2D eigenvalue weighted by Gasteiger charge is 2.19. The first kappa shape index (κ1) is 12.0. The van der Waals surface area contributed by atoms with Gasteiger partial charge in [-0.2, -0.15) is 5.10 Å². The van der Waals surface area contributed by atoms with Crippen LogP contribution in [-0.4, -0.2) is 22.9 Å². The van der Waals surface area contributed by atoms with E-state index in [4.69, 9.17) is 4.74 Å². The Morgan fingerprint density at radius 1 is 1.42 bits per heavy atom. The summed E-state index contributed by atoms with van der Waals surface area (Å²) in [5.74, 6) is 0.353. The number of aryl methyl sites for hydroxylation is 2. The van der Waals surface area contributed by atoms with Gasteiger partial charge in [0.1, 0.15) is 18.2 Å². The van der Waals surface area contributed by atoms with Gasteiger partial charge in [0.05, 0.1) is 17.9 Å². The van der Waals surface area contributed by atoms with E-state index < -0.39 is 0 Å². The Labute approximate surface area is 111 Å². The molecule has 0 saturated heterocycles. The molecule has 1 aromatic heterocycles. The third-order valence-electron chi connectivity index (χ3n) is 3.36. The minimum Gasteiger partial charge on any atom is -0.489 e. The van der Waals surface area contributed by atoms with Gasteiger partial charge in [-0.05, 0) is 19.1 Å². The van der Waals surface area contributed by atoms with E-state index in [2.05, 4.69) is 10.00 Å². The van der Waals surface area contributed by atoms with Crippen LogP contribution in [0, 0.1) is 12.7 Å². The van der Waals surface area contributed by atoms with Crippen molar-refractivity contribution >= 4 is 5.69 Å². The highest BCUT2D eigenvalue weighted by atomic mass is 19.1. The molecular formula is C14H16FN3O. The van der Waals surface area contributed by atoms with Gasteiger partial charge in [-0.25, -0.2) is 4.39 Å². The van der Waals surface area contributed by atoms with Crippen LogP contribution in [0.5, 0.6) is 5.75 Å². The maximum atomic E-state index is 13.2. The maximum absolute atomic E-state index is 13.2. The monoisotopic (exact) mass is 261 g/mol. The van der Waals surface area contributed by atoms with E-state index in [9.17, 15) is 4.39 Å². The molecule has 0 amide bonds. The van der Waals surface area contributed by atoms with Crippen LogP contribution in [0.15, 0.2) is 24.4 Å². The number of aromatic nitrogens is 2. The van der Waals surface area contributed by atoms with Crippen molar-refractivity contribution in [1.29, 1.82) is 0 Å². The average Bonchev–Trinajstić information content (AvgIpc) is 2.68. The molecule has 1 aliphatic heterocycles. The Morgan fingerprint density at radius 3 is 3.00 bits per heavy atom. The molecule has 1 aromatic carbocycles. The summed E-state index contributed by atoms with van der Waals surface area (Å²) in [6.45, 7) is 4.14. The molecule has 0 N–H and O–H groups in total. The predicted molar refractivity (Wildman–Crippen MR) is 70.9 cm³/mol. The van der Waals surface area contributed by atoms with Crippen molar-refractivity contribution in [2.45, 2.75) is 13.5 Å². The number of nitrogens with zero attached hydrogens (tertiary/aromatic N) is 3. The zero-order chi connectivity index (χ0) is 13.4. The van der Waals surface area contributed by atoms with Crippen LogP contribution >= 0.6 is 0 Å². The molecule has 5 heteroatoms. The lowest BCUT2D eigenvalue weighted by Gasteiger charge is -2.31. The first-order valence-corrected chi connectivity index (χ1v) is 6.30. The van der Waals surface area contributed by atoms with Crippen molar-refractivity contribution in [3.05, 3.63) is 41.5 Å². The number of hydrogen-bond donors (Lipinski definition) is 0. The topological polar surface area (TPSA) is 30.3 Å². The first-order valence-electron chi connectivity index (χ1n) is 6.30. The van der Waals surface area contributed by atoms with Crippen LogP contribution in [0.3, 0.4) is 0 Å². The highest BCUT2D eigenvalue weighted by Crippen LogP contribution is 2.33. The Bertz CT molecular complexity index is 609. The number of benzene rings is 1. The smallest absolute Gasteiger partial charge is 0.145 e. The number of anilines is 1. The van der Waals surface area contributed by atoms with Crippen molar-refractivity contribution in [3.63, 3.8) is 0 Å². The molecule has 19 heavy (non-hydrogen) atoms. The lowest BCUT2D eigenvalue weighted by molar-refractivity contribution is 0.305. The number of ether oxygens (including phenoxy) is 1. The number of rotatable bonds is 2. The van der Waals surface area contributed by atoms with Gasteiger partial charge in [-0.3, -0.25) is 4.68 Å². The van der Waals surface area contributed by atoms with Gasteiger partial charge in [-0.15, -0.1) is 0 Å². The number of hydrogen-bond acceptors (Lipinski definition) is 3. The Balaban J connectivity index is 1.89. The molecule has 100 valence electrons. The van der Waals surface area contributed by atoms with Crippen molar-refractivity contribution in [2.24, 2.45) is 7.05 Å². The van der Waals surface area contributed by atoms with Crippen molar-refractivity contribution in [3.8, 4) is 5.75 Å². The quantitative estimate of drug-likeness (QED) is 0.830. The van der Waals surface area contributed by atoms with Gasteiger partial charge in [-0.1, -0.05) is 0 Å². The summed E-state index contributed by atoms with van der Waals surface area (Å²) >= 11 is 0. The highest BCUT2D eigenvalue weighted by molar-refractivity contribution is 5.60. The molecule has 0 bridgehead atoms. The Kier molecular flexibility index (Phi) is 2.89. The SMILES string of the molecule is Cc1nn(C)cc1CN1CCOc2cc(F)ccc21. The molecule has 0 saturated carbocycles. The van der Waals surface area contributed by atoms with E-state index in [0.29, 0.717) is 12.4 Å².